The van der Waals surface area contributed by atoms with E-state index in [2.05, 4.69) is 52.5 Å². The van der Waals surface area contributed by atoms with E-state index in [9.17, 15) is 0 Å². The van der Waals surface area contributed by atoms with Gasteiger partial charge in [0.2, 0.25) is 0 Å². The average molecular weight is 367 g/mol. The zero-order valence-electron chi connectivity index (χ0n) is 16.4. The van der Waals surface area contributed by atoms with Gasteiger partial charge >= 0.3 is 0 Å². The fourth-order valence-corrected chi connectivity index (χ4v) is 3.53. The summed E-state index contributed by atoms with van der Waals surface area (Å²) in [5, 5.41) is 3.49. The summed E-state index contributed by atoms with van der Waals surface area (Å²) in [6.45, 7) is 5.29. The summed E-state index contributed by atoms with van der Waals surface area (Å²) in [6, 6.07) is 16.6. The Bertz CT molecular complexity index is 776. The molecule has 1 fully saturated rings. The van der Waals surface area contributed by atoms with Gasteiger partial charge < -0.3 is 19.7 Å². The van der Waals surface area contributed by atoms with Gasteiger partial charge in [0.25, 0.3) is 0 Å². The monoisotopic (exact) mass is 367 g/mol. The molecule has 0 saturated carbocycles. The zero-order valence-corrected chi connectivity index (χ0v) is 16.4. The number of aryl methyl sites for hydroxylation is 1. The molecule has 5 heteroatoms. The van der Waals surface area contributed by atoms with Gasteiger partial charge in [-0.05, 0) is 36.1 Å². The molecule has 144 valence electrons. The van der Waals surface area contributed by atoms with E-state index in [0.29, 0.717) is 6.61 Å². The van der Waals surface area contributed by atoms with E-state index >= 15 is 0 Å². The van der Waals surface area contributed by atoms with Crippen LogP contribution in [0.2, 0.25) is 0 Å². The number of nitrogens with zero attached hydrogens (tertiary/aromatic N) is 2. The summed E-state index contributed by atoms with van der Waals surface area (Å²) >= 11 is 0. The number of ether oxygens (including phenoxy) is 2. The maximum Gasteiger partial charge on any atom is 0.193 e. The van der Waals surface area contributed by atoms with Crippen LogP contribution in [0.15, 0.2) is 53.5 Å². The van der Waals surface area contributed by atoms with Gasteiger partial charge in [0.05, 0.1) is 20.3 Å². The lowest BCUT2D eigenvalue weighted by molar-refractivity contribution is -0.00829. The van der Waals surface area contributed by atoms with Crippen LogP contribution in [0.25, 0.3) is 0 Å². The smallest absolute Gasteiger partial charge is 0.193 e. The Morgan fingerprint density at radius 3 is 2.78 bits per heavy atom. The summed E-state index contributed by atoms with van der Waals surface area (Å²) in [5.74, 6) is 1.85. The Morgan fingerprint density at radius 2 is 2.00 bits per heavy atom. The third-order valence-corrected chi connectivity index (χ3v) is 4.98. The van der Waals surface area contributed by atoms with Gasteiger partial charge in [-0.1, -0.05) is 42.5 Å². The maximum absolute atomic E-state index is 6.03. The number of hydrogen-bond acceptors (Lipinski definition) is 3. The van der Waals surface area contributed by atoms with Crippen LogP contribution < -0.4 is 10.1 Å². The third kappa shape index (κ3) is 4.80. The molecule has 1 N–H and O–H groups in total. The number of morpholine rings is 1. The average Bonchev–Trinajstić information content (AvgIpc) is 2.72. The van der Waals surface area contributed by atoms with E-state index in [1.54, 1.807) is 7.11 Å². The number of hydrogen-bond donors (Lipinski definition) is 1. The summed E-state index contributed by atoms with van der Waals surface area (Å²) in [4.78, 5) is 6.76. The molecule has 5 nitrogen and oxygen atoms in total. The van der Waals surface area contributed by atoms with E-state index in [1.165, 1.54) is 16.7 Å². The zero-order chi connectivity index (χ0) is 19.1. The summed E-state index contributed by atoms with van der Waals surface area (Å²) in [5.41, 5.74) is 3.72. The lowest BCUT2D eigenvalue weighted by Gasteiger charge is -2.35. The molecule has 0 bridgehead atoms. The van der Waals surface area contributed by atoms with Gasteiger partial charge in [0.1, 0.15) is 11.9 Å². The molecule has 1 atom stereocenters. The lowest BCUT2D eigenvalue weighted by Crippen LogP contribution is -2.48. The van der Waals surface area contributed by atoms with Crippen LogP contribution in [0.4, 0.5) is 0 Å². The first-order chi connectivity index (χ1) is 13.2. The topological polar surface area (TPSA) is 46.1 Å². The molecule has 0 aromatic heterocycles. The molecule has 2 aromatic carbocycles. The minimum absolute atomic E-state index is 0.0766. The predicted molar refractivity (Wildman–Crippen MR) is 110 cm³/mol. The van der Waals surface area contributed by atoms with E-state index in [4.69, 9.17) is 9.47 Å². The predicted octanol–water partition coefficient (Wildman–Crippen LogP) is 3.20. The van der Waals surface area contributed by atoms with Crippen LogP contribution in [-0.2, 0) is 11.2 Å². The number of benzene rings is 2. The summed E-state index contributed by atoms with van der Waals surface area (Å²) < 4.78 is 11.5. The van der Waals surface area contributed by atoms with Crippen molar-refractivity contribution in [2.75, 3.05) is 40.4 Å². The molecule has 1 heterocycles. The molecular weight excluding hydrogens is 338 g/mol. The first kappa shape index (κ1) is 19.2. The highest BCUT2D eigenvalue weighted by Crippen LogP contribution is 2.25. The molecule has 1 aliphatic heterocycles. The normalized spacial score (nSPS) is 17.7. The van der Waals surface area contributed by atoms with Crippen molar-refractivity contribution in [1.82, 2.24) is 10.2 Å². The Morgan fingerprint density at radius 1 is 1.22 bits per heavy atom. The van der Waals surface area contributed by atoms with E-state index in [0.717, 1.165) is 37.8 Å². The van der Waals surface area contributed by atoms with Gasteiger partial charge in [0, 0.05) is 20.1 Å². The van der Waals surface area contributed by atoms with Crippen molar-refractivity contribution in [2.24, 2.45) is 4.99 Å². The fourth-order valence-electron chi connectivity index (χ4n) is 3.53. The molecule has 0 aliphatic carbocycles. The highest BCUT2D eigenvalue weighted by molar-refractivity contribution is 5.80. The molecule has 0 radical (unpaired) electrons. The van der Waals surface area contributed by atoms with E-state index in [-0.39, 0.29) is 6.10 Å². The van der Waals surface area contributed by atoms with Crippen LogP contribution in [0.1, 0.15) is 22.8 Å². The first-order valence-electron chi connectivity index (χ1n) is 9.47. The molecule has 0 spiro atoms. The second-order valence-electron chi connectivity index (χ2n) is 6.70. The lowest BCUT2D eigenvalue weighted by atomic mass is 10.0. The number of rotatable bonds is 5. The van der Waals surface area contributed by atoms with E-state index in [1.807, 2.05) is 25.2 Å². The molecule has 1 unspecified atom stereocenters. The van der Waals surface area contributed by atoms with Crippen LogP contribution in [0.3, 0.4) is 0 Å². The molecule has 1 saturated heterocycles. The Balaban J connectivity index is 1.59. The third-order valence-electron chi connectivity index (χ3n) is 4.98. The van der Waals surface area contributed by atoms with Crippen LogP contribution in [0.5, 0.6) is 5.75 Å². The molecule has 27 heavy (non-hydrogen) atoms. The van der Waals surface area contributed by atoms with Crippen molar-refractivity contribution in [3.63, 3.8) is 0 Å². The first-order valence-corrected chi connectivity index (χ1v) is 9.47. The van der Waals surface area contributed by atoms with Gasteiger partial charge in [-0.25, -0.2) is 0 Å². The van der Waals surface area contributed by atoms with Crippen molar-refractivity contribution >= 4 is 5.96 Å². The highest BCUT2D eigenvalue weighted by Gasteiger charge is 2.25. The fraction of sp³-hybridized carbons (Fsp3) is 0.409. The minimum atomic E-state index is 0.0766. The van der Waals surface area contributed by atoms with Gasteiger partial charge in [-0.3, -0.25) is 4.99 Å². The second-order valence-corrected chi connectivity index (χ2v) is 6.70. The highest BCUT2D eigenvalue weighted by atomic mass is 16.5. The minimum Gasteiger partial charge on any atom is -0.496 e. The molecule has 1 aliphatic rings. The largest absolute Gasteiger partial charge is 0.496 e. The van der Waals surface area contributed by atoms with Crippen LogP contribution >= 0.6 is 0 Å². The Hall–Kier alpha value is -2.53. The summed E-state index contributed by atoms with van der Waals surface area (Å²) in [7, 11) is 3.55. The SMILES string of the molecule is CN=C(NCCc1ccccc1OC)N1CCOC(c2ccccc2C)C1. The van der Waals surface area contributed by atoms with Crippen molar-refractivity contribution in [1.29, 1.82) is 0 Å². The van der Waals surface area contributed by atoms with Crippen molar-refractivity contribution in [3.05, 3.63) is 65.2 Å². The molecule has 0 amide bonds. The molecular formula is C22H29N3O2. The number of aliphatic imine (C=N–C) groups is 1. The molecule has 2 aromatic rings. The number of nitrogens with one attached hydrogen (secondary N) is 1. The van der Waals surface area contributed by atoms with Crippen LogP contribution in [-0.4, -0.2) is 51.3 Å². The Kier molecular flexibility index (Phi) is 6.71. The van der Waals surface area contributed by atoms with E-state index < -0.39 is 0 Å². The molecule has 3 rings (SSSR count). The second kappa shape index (κ2) is 9.42. The van der Waals surface area contributed by atoms with Gasteiger partial charge in [-0.15, -0.1) is 0 Å². The van der Waals surface area contributed by atoms with Crippen molar-refractivity contribution < 1.29 is 9.47 Å². The number of para-hydroxylation sites is 1. The number of guanidine groups is 1. The Labute approximate surface area is 162 Å². The quantitative estimate of drug-likeness (QED) is 0.651. The standard InChI is InChI=1S/C22H29N3O2/c1-17-8-4-6-10-19(17)21-16-25(14-15-27-21)22(23-2)24-13-12-18-9-5-7-11-20(18)26-3/h4-11,21H,12-16H2,1-3H3,(H,23,24). The maximum atomic E-state index is 6.03. The van der Waals surface area contributed by atoms with Crippen molar-refractivity contribution in [2.45, 2.75) is 19.4 Å². The van der Waals surface area contributed by atoms with Crippen molar-refractivity contribution in [3.8, 4) is 5.75 Å². The van der Waals surface area contributed by atoms with Gasteiger partial charge in [0.15, 0.2) is 5.96 Å². The summed E-state index contributed by atoms with van der Waals surface area (Å²) in [6.07, 6.45) is 0.960. The number of methoxy groups -OCH3 is 1. The van der Waals surface area contributed by atoms with Gasteiger partial charge in [-0.2, -0.15) is 0 Å². The van der Waals surface area contributed by atoms with Crippen LogP contribution in [0, 0.1) is 6.92 Å².